The second-order valence-corrected chi connectivity index (χ2v) is 20.3. The summed E-state index contributed by atoms with van der Waals surface area (Å²) in [5.74, 6) is -0.589. The zero-order valence-corrected chi connectivity index (χ0v) is 34.4. The van der Waals surface area contributed by atoms with Crippen molar-refractivity contribution in [2.75, 3.05) is 6.54 Å². The van der Waals surface area contributed by atoms with E-state index in [4.69, 9.17) is 14.9 Å². The Balaban J connectivity index is 1.26. The van der Waals surface area contributed by atoms with Crippen LogP contribution in [-0.2, 0) is 23.9 Å². The molecule has 0 aromatic carbocycles. The smallest absolute Gasteiger partial charge is 0.306 e. The van der Waals surface area contributed by atoms with Gasteiger partial charge in [0.05, 0.1) is 18.3 Å². The number of nitrogens with one attached hydrogen (secondary N) is 1. The molecule has 0 saturated heterocycles. The molecule has 5 aliphatic carbocycles. The topological polar surface area (TPSA) is 130 Å². The number of aliphatic carboxylic acids is 2. The fraction of sp³-hybridized carbons (Fsp3) is 0.867. The number of carboxylic acid groups (broad SMARTS) is 2. The molecule has 1 amide bonds. The number of carbonyl (C=O) groups is 4. The van der Waals surface area contributed by atoms with E-state index in [1.165, 1.54) is 6.42 Å². The summed E-state index contributed by atoms with van der Waals surface area (Å²) in [4.78, 5) is 48.9. The summed E-state index contributed by atoms with van der Waals surface area (Å²) in [7, 11) is 0. The monoisotopic (exact) mass is 740 g/mol. The van der Waals surface area contributed by atoms with Crippen LogP contribution in [0, 0.1) is 50.2 Å². The van der Waals surface area contributed by atoms with Crippen LogP contribution in [0.5, 0.6) is 0 Å². The van der Waals surface area contributed by atoms with Crippen LogP contribution in [0.25, 0.3) is 0 Å². The summed E-state index contributed by atoms with van der Waals surface area (Å²) in [6.07, 6.45) is 21.1. The predicted octanol–water partition coefficient (Wildman–Crippen LogP) is 10.3. The Morgan fingerprint density at radius 1 is 0.717 bits per heavy atom. The van der Waals surface area contributed by atoms with Gasteiger partial charge in [-0.25, -0.2) is 0 Å². The van der Waals surface area contributed by atoms with Crippen molar-refractivity contribution >= 4 is 23.8 Å². The molecule has 0 spiro atoms. The fourth-order valence-corrected chi connectivity index (χ4v) is 13.1. The van der Waals surface area contributed by atoms with Crippen molar-refractivity contribution in [3.05, 3.63) is 11.6 Å². The summed E-state index contributed by atoms with van der Waals surface area (Å²) in [5, 5.41) is 21.4. The maximum Gasteiger partial charge on any atom is 0.306 e. The molecule has 8 nitrogen and oxygen atoms in total. The zero-order chi connectivity index (χ0) is 38.9. The molecule has 4 saturated carbocycles. The molecule has 3 N–H and O–H groups in total. The van der Waals surface area contributed by atoms with Gasteiger partial charge in [-0.3, -0.25) is 19.2 Å². The molecule has 0 aromatic rings. The number of hydrogen-bond donors (Lipinski definition) is 3. The van der Waals surface area contributed by atoms with E-state index in [0.717, 1.165) is 116 Å². The second-order valence-electron chi connectivity index (χ2n) is 20.3. The first-order valence-electron chi connectivity index (χ1n) is 21.4. The molecule has 0 unspecified atom stereocenters. The quantitative estimate of drug-likeness (QED) is 0.0816. The molecule has 0 aromatic heterocycles. The highest BCUT2D eigenvalue weighted by Gasteiger charge is 2.69. The van der Waals surface area contributed by atoms with Crippen LogP contribution >= 0.6 is 0 Å². The number of fused-ring (bicyclic) bond motifs is 7. The lowest BCUT2D eigenvalue weighted by Crippen LogP contribution is -2.65. The van der Waals surface area contributed by atoms with Crippen molar-refractivity contribution in [2.24, 2.45) is 50.2 Å². The van der Waals surface area contributed by atoms with Gasteiger partial charge >= 0.3 is 17.9 Å². The number of amides is 1. The van der Waals surface area contributed by atoms with Gasteiger partial charge in [0.1, 0.15) is 6.10 Å². The highest BCUT2D eigenvalue weighted by molar-refractivity contribution is 5.84. The summed E-state index contributed by atoms with van der Waals surface area (Å²) in [5.41, 5.74) is 1.50. The van der Waals surface area contributed by atoms with Crippen molar-refractivity contribution in [1.29, 1.82) is 0 Å². The molecule has 8 atom stereocenters. The summed E-state index contributed by atoms with van der Waals surface area (Å²) in [6, 6.07) is 0. The summed E-state index contributed by atoms with van der Waals surface area (Å²) in [6.45, 7) is 17.8. The number of hydrogen-bond acceptors (Lipinski definition) is 5. The third-order valence-corrected chi connectivity index (χ3v) is 16.4. The number of allylic oxidation sites excluding steroid dienone is 2. The molecule has 8 heteroatoms. The van der Waals surface area contributed by atoms with Gasteiger partial charge in [-0.2, -0.15) is 0 Å². The standard InChI is InChI=1S/C45H73NO7/c1-40(2)25-27-45(39(52)46-29-15-13-11-9-8-10-12-14-16-36(47)48)28-26-43(6)31(32(45)30-40)17-18-34-42(5)23-22-35(53-38(51)20-19-37(49)50)41(3,4)33(42)21-24-44(34,43)7/h17,32-35H,8-16,18-30H2,1-7H3,(H,46,52)(H,47,48)(H,49,50)/t32-,33-,34+,35-,42-,43+,44+,45-/m0/s1. The van der Waals surface area contributed by atoms with Crippen molar-refractivity contribution in [2.45, 2.75) is 189 Å². The fourth-order valence-electron chi connectivity index (χ4n) is 13.1. The Morgan fingerprint density at radius 2 is 1.34 bits per heavy atom. The van der Waals surface area contributed by atoms with Crippen molar-refractivity contribution in [3.8, 4) is 0 Å². The van der Waals surface area contributed by atoms with Gasteiger partial charge in [0.2, 0.25) is 5.91 Å². The molecule has 5 aliphatic rings. The first-order chi connectivity index (χ1) is 24.8. The Morgan fingerprint density at radius 3 is 2.00 bits per heavy atom. The number of esters is 1. The van der Waals surface area contributed by atoms with Crippen LogP contribution in [0.1, 0.15) is 183 Å². The van der Waals surface area contributed by atoms with Crippen LogP contribution in [0.3, 0.4) is 0 Å². The average molecular weight is 740 g/mol. The van der Waals surface area contributed by atoms with Gasteiger partial charge in [-0.15, -0.1) is 0 Å². The van der Waals surface area contributed by atoms with Gasteiger partial charge in [0.25, 0.3) is 0 Å². The lowest BCUT2D eigenvalue weighted by Gasteiger charge is -2.71. The first kappa shape index (κ1) is 41.8. The van der Waals surface area contributed by atoms with E-state index in [9.17, 15) is 19.2 Å². The van der Waals surface area contributed by atoms with E-state index in [2.05, 4.69) is 59.9 Å². The average Bonchev–Trinajstić information content (AvgIpc) is 3.07. The van der Waals surface area contributed by atoms with Crippen LogP contribution in [0.2, 0.25) is 0 Å². The van der Waals surface area contributed by atoms with E-state index < -0.39 is 17.9 Å². The molecular weight excluding hydrogens is 666 g/mol. The van der Waals surface area contributed by atoms with Crippen molar-refractivity contribution in [1.82, 2.24) is 5.32 Å². The zero-order valence-electron chi connectivity index (χ0n) is 34.4. The number of ether oxygens (including phenoxy) is 1. The van der Waals surface area contributed by atoms with Gasteiger partial charge in [-0.1, -0.05) is 98.6 Å². The van der Waals surface area contributed by atoms with E-state index in [-0.39, 0.29) is 63.8 Å². The predicted molar refractivity (Wildman–Crippen MR) is 208 cm³/mol. The maximum absolute atomic E-state index is 14.4. The van der Waals surface area contributed by atoms with Crippen LogP contribution in [0.4, 0.5) is 0 Å². The normalized spacial score (nSPS) is 36.8. The molecule has 0 aliphatic heterocycles. The highest BCUT2D eigenvalue weighted by atomic mass is 16.5. The number of rotatable bonds is 16. The molecule has 5 rings (SSSR count). The Labute approximate surface area is 320 Å². The Kier molecular flexibility index (Phi) is 12.6. The minimum atomic E-state index is -0.971. The number of carboxylic acids is 2. The van der Waals surface area contributed by atoms with E-state index in [1.807, 2.05) is 0 Å². The second kappa shape index (κ2) is 16.0. The van der Waals surface area contributed by atoms with Gasteiger partial charge in [0, 0.05) is 18.4 Å². The maximum atomic E-state index is 14.4. The van der Waals surface area contributed by atoms with Gasteiger partial charge in [-0.05, 0) is 116 Å². The molecule has 300 valence electrons. The number of carbonyl (C=O) groups excluding carboxylic acids is 2. The molecular formula is C45H73NO7. The van der Waals surface area contributed by atoms with Crippen molar-refractivity contribution < 1.29 is 34.1 Å². The lowest BCUT2D eigenvalue weighted by molar-refractivity contribution is -0.213. The number of unbranched alkanes of at least 4 members (excludes halogenated alkanes) is 7. The Hall–Kier alpha value is -2.38. The van der Waals surface area contributed by atoms with E-state index in [1.54, 1.807) is 5.57 Å². The molecule has 0 bridgehead atoms. The third kappa shape index (κ3) is 8.13. The summed E-state index contributed by atoms with van der Waals surface area (Å²) < 4.78 is 6.04. The van der Waals surface area contributed by atoms with E-state index in [0.29, 0.717) is 17.7 Å². The van der Waals surface area contributed by atoms with Gasteiger partial charge < -0.3 is 20.3 Å². The first-order valence-corrected chi connectivity index (χ1v) is 21.4. The molecule has 0 heterocycles. The third-order valence-electron chi connectivity index (χ3n) is 16.4. The minimum absolute atomic E-state index is 0.0314. The SMILES string of the molecule is CC1(C)CC[C@]2(C(=O)NCCCCCCCCCCC(=O)O)CC[C@]3(C)C(=CC[C@@H]4[C@@]5(C)CC[C@H](OC(=O)CCC(=O)O)C(C)(C)[C@@H]5CC[C@]43C)[C@@H]2C1. The molecule has 0 radical (unpaired) electrons. The Bertz CT molecular complexity index is 1400. The minimum Gasteiger partial charge on any atom is -0.481 e. The largest absolute Gasteiger partial charge is 0.481 e. The van der Waals surface area contributed by atoms with Crippen LogP contribution < -0.4 is 5.32 Å². The highest BCUT2D eigenvalue weighted by Crippen LogP contribution is 2.76. The lowest BCUT2D eigenvalue weighted by atomic mass is 9.33. The molecule has 53 heavy (non-hydrogen) atoms. The van der Waals surface area contributed by atoms with Crippen molar-refractivity contribution in [3.63, 3.8) is 0 Å². The van der Waals surface area contributed by atoms with Crippen LogP contribution in [0.15, 0.2) is 11.6 Å². The molecule has 4 fully saturated rings. The summed E-state index contributed by atoms with van der Waals surface area (Å²) >= 11 is 0. The van der Waals surface area contributed by atoms with Gasteiger partial charge in [0.15, 0.2) is 0 Å². The van der Waals surface area contributed by atoms with E-state index >= 15 is 0 Å². The van der Waals surface area contributed by atoms with Crippen LogP contribution in [-0.4, -0.2) is 46.7 Å².